The molecule has 0 unspecified atom stereocenters. The second kappa shape index (κ2) is 3.73. The molecule has 0 atom stereocenters. The Morgan fingerprint density at radius 3 is 3.07 bits per heavy atom. The van der Waals surface area contributed by atoms with Gasteiger partial charge in [0.25, 0.3) is 0 Å². The van der Waals surface area contributed by atoms with Crippen molar-refractivity contribution in [2.24, 2.45) is 0 Å². The second-order valence-electron chi connectivity index (χ2n) is 3.09. The van der Waals surface area contributed by atoms with E-state index in [1.165, 1.54) is 12.3 Å². The number of H-pyrrole nitrogens is 1. The van der Waals surface area contributed by atoms with Gasteiger partial charge in [0, 0.05) is 11.6 Å². The van der Waals surface area contributed by atoms with Crippen molar-refractivity contribution in [3.05, 3.63) is 35.8 Å². The first-order valence-electron chi connectivity index (χ1n) is 4.66. The number of rotatable bonds is 2. The van der Waals surface area contributed by atoms with Crippen molar-refractivity contribution in [2.45, 2.75) is 6.92 Å². The molecule has 0 radical (unpaired) electrons. The average Bonchev–Trinajstić information content (AvgIpc) is 2.63. The van der Waals surface area contributed by atoms with E-state index in [9.17, 15) is 9.18 Å². The van der Waals surface area contributed by atoms with Crippen LogP contribution in [0.15, 0.2) is 24.4 Å². The van der Waals surface area contributed by atoms with Gasteiger partial charge in [-0.05, 0) is 13.0 Å². The highest BCUT2D eigenvalue weighted by atomic mass is 19.1. The van der Waals surface area contributed by atoms with Crippen molar-refractivity contribution in [2.75, 3.05) is 6.61 Å². The number of halogens is 1. The lowest BCUT2D eigenvalue weighted by molar-refractivity contribution is 0.0529. The molecule has 15 heavy (non-hydrogen) atoms. The summed E-state index contributed by atoms with van der Waals surface area (Å²) in [5, 5.41) is 0.549. The minimum atomic E-state index is -0.436. The standard InChI is InChI=1S/C11H10FNO2/c1-2-15-11(14)8-6-13-10-7(8)4-3-5-9(10)12/h3-6,13H,2H2,1H3. The van der Waals surface area contributed by atoms with Gasteiger partial charge in [0.15, 0.2) is 0 Å². The summed E-state index contributed by atoms with van der Waals surface area (Å²) in [5.74, 6) is -0.808. The summed E-state index contributed by atoms with van der Waals surface area (Å²) in [6, 6.07) is 4.59. The summed E-state index contributed by atoms with van der Waals surface area (Å²) in [6.45, 7) is 2.04. The molecule has 0 aliphatic carbocycles. The molecule has 0 saturated carbocycles. The number of aromatic amines is 1. The largest absolute Gasteiger partial charge is 0.462 e. The van der Waals surface area contributed by atoms with Gasteiger partial charge in [0.2, 0.25) is 0 Å². The van der Waals surface area contributed by atoms with Gasteiger partial charge >= 0.3 is 5.97 Å². The third kappa shape index (κ3) is 1.58. The molecule has 0 aliphatic rings. The van der Waals surface area contributed by atoms with Crippen LogP contribution in [0.1, 0.15) is 17.3 Å². The molecule has 78 valence electrons. The zero-order valence-electron chi connectivity index (χ0n) is 8.21. The summed E-state index contributed by atoms with van der Waals surface area (Å²) in [7, 11) is 0. The van der Waals surface area contributed by atoms with E-state index in [0.29, 0.717) is 23.1 Å². The normalized spacial score (nSPS) is 10.5. The van der Waals surface area contributed by atoms with Crippen LogP contribution in [0.4, 0.5) is 4.39 Å². The van der Waals surface area contributed by atoms with Crippen LogP contribution in [0, 0.1) is 5.82 Å². The number of benzene rings is 1. The lowest BCUT2D eigenvalue weighted by Crippen LogP contribution is -2.03. The average molecular weight is 207 g/mol. The van der Waals surface area contributed by atoms with Crippen LogP contribution < -0.4 is 0 Å². The first-order chi connectivity index (χ1) is 7.24. The Balaban J connectivity index is 2.54. The lowest BCUT2D eigenvalue weighted by atomic mass is 10.2. The maximum atomic E-state index is 13.3. The molecule has 1 aromatic carbocycles. The molecular weight excluding hydrogens is 197 g/mol. The molecular formula is C11H10FNO2. The molecule has 3 nitrogen and oxygen atoms in total. The first-order valence-corrected chi connectivity index (χ1v) is 4.66. The predicted octanol–water partition coefficient (Wildman–Crippen LogP) is 2.48. The van der Waals surface area contributed by atoms with Gasteiger partial charge < -0.3 is 9.72 Å². The van der Waals surface area contributed by atoms with Crippen molar-refractivity contribution in [1.29, 1.82) is 0 Å². The smallest absolute Gasteiger partial charge is 0.340 e. The van der Waals surface area contributed by atoms with E-state index < -0.39 is 5.97 Å². The van der Waals surface area contributed by atoms with Crippen LogP contribution >= 0.6 is 0 Å². The molecule has 1 aromatic heterocycles. The van der Waals surface area contributed by atoms with E-state index in [1.54, 1.807) is 19.1 Å². The Bertz CT molecular complexity index is 504. The molecule has 0 fully saturated rings. The number of carbonyl (C=O) groups excluding carboxylic acids is 1. The highest BCUT2D eigenvalue weighted by molar-refractivity contribution is 6.04. The number of nitrogens with one attached hydrogen (secondary N) is 1. The van der Waals surface area contributed by atoms with Gasteiger partial charge in [-0.2, -0.15) is 0 Å². The summed E-state index contributed by atoms with van der Waals surface area (Å²) in [4.78, 5) is 14.2. The lowest BCUT2D eigenvalue weighted by Gasteiger charge is -1.99. The fourth-order valence-corrected chi connectivity index (χ4v) is 1.50. The molecule has 1 heterocycles. The zero-order valence-corrected chi connectivity index (χ0v) is 8.21. The maximum Gasteiger partial charge on any atom is 0.340 e. The molecule has 2 aromatic rings. The van der Waals surface area contributed by atoms with E-state index in [4.69, 9.17) is 4.74 Å². The molecule has 0 bridgehead atoms. The van der Waals surface area contributed by atoms with Gasteiger partial charge in [-0.15, -0.1) is 0 Å². The Kier molecular flexibility index (Phi) is 2.41. The van der Waals surface area contributed by atoms with Crippen molar-refractivity contribution in [1.82, 2.24) is 4.98 Å². The number of hydrogen-bond acceptors (Lipinski definition) is 2. The highest BCUT2D eigenvalue weighted by Gasteiger charge is 2.14. The van der Waals surface area contributed by atoms with Gasteiger partial charge in [-0.3, -0.25) is 0 Å². The van der Waals surface area contributed by atoms with Crippen molar-refractivity contribution in [3.8, 4) is 0 Å². The minimum absolute atomic E-state index is 0.306. The number of carbonyl (C=O) groups is 1. The van der Waals surface area contributed by atoms with Crippen molar-refractivity contribution < 1.29 is 13.9 Å². The summed E-state index contributed by atoms with van der Waals surface area (Å²) >= 11 is 0. The topological polar surface area (TPSA) is 42.1 Å². The van der Waals surface area contributed by atoms with Crippen molar-refractivity contribution >= 4 is 16.9 Å². The van der Waals surface area contributed by atoms with E-state index in [-0.39, 0.29) is 5.82 Å². The third-order valence-electron chi connectivity index (χ3n) is 2.16. The monoisotopic (exact) mass is 207 g/mol. The molecule has 0 aliphatic heterocycles. The third-order valence-corrected chi connectivity index (χ3v) is 2.16. The fraction of sp³-hybridized carbons (Fsp3) is 0.182. The van der Waals surface area contributed by atoms with E-state index in [0.717, 1.165) is 0 Å². The number of esters is 1. The fourth-order valence-electron chi connectivity index (χ4n) is 1.50. The van der Waals surface area contributed by atoms with E-state index in [1.807, 2.05) is 0 Å². The zero-order chi connectivity index (χ0) is 10.8. The summed E-state index contributed by atoms with van der Waals surface area (Å²) in [5.41, 5.74) is 0.701. The van der Waals surface area contributed by atoms with Crippen LogP contribution in [-0.4, -0.2) is 17.6 Å². The molecule has 0 spiro atoms. The molecule has 0 amide bonds. The molecule has 1 N–H and O–H groups in total. The van der Waals surface area contributed by atoms with E-state index in [2.05, 4.69) is 4.98 Å². The molecule has 0 saturated heterocycles. The van der Waals surface area contributed by atoms with Gasteiger partial charge in [-0.1, -0.05) is 12.1 Å². The summed E-state index contributed by atoms with van der Waals surface area (Å²) < 4.78 is 18.1. The minimum Gasteiger partial charge on any atom is -0.462 e. The quantitative estimate of drug-likeness (QED) is 0.768. The number of para-hydroxylation sites is 1. The SMILES string of the molecule is CCOC(=O)c1c[nH]c2c(F)cccc12. The molecule has 4 heteroatoms. The number of hydrogen-bond donors (Lipinski definition) is 1. The number of fused-ring (bicyclic) bond motifs is 1. The molecule has 2 rings (SSSR count). The summed E-state index contributed by atoms with van der Waals surface area (Å²) in [6.07, 6.45) is 1.46. The van der Waals surface area contributed by atoms with Crippen LogP contribution in [0.3, 0.4) is 0 Å². The number of ether oxygens (including phenoxy) is 1. The number of aromatic nitrogens is 1. The van der Waals surface area contributed by atoms with Crippen molar-refractivity contribution in [3.63, 3.8) is 0 Å². The van der Waals surface area contributed by atoms with Gasteiger partial charge in [-0.25, -0.2) is 9.18 Å². The van der Waals surface area contributed by atoms with Gasteiger partial charge in [0.05, 0.1) is 17.7 Å². The Labute approximate surface area is 85.9 Å². The van der Waals surface area contributed by atoms with E-state index >= 15 is 0 Å². The van der Waals surface area contributed by atoms with Crippen LogP contribution in [0.5, 0.6) is 0 Å². The van der Waals surface area contributed by atoms with Gasteiger partial charge in [0.1, 0.15) is 5.82 Å². The van der Waals surface area contributed by atoms with Crippen LogP contribution in [-0.2, 0) is 4.74 Å². The maximum absolute atomic E-state index is 13.3. The Morgan fingerprint density at radius 1 is 1.53 bits per heavy atom. The van der Waals surface area contributed by atoms with Crippen LogP contribution in [0.25, 0.3) is 10.9 Å². The second-order valence-corrected chi connectivity index (χ2v) is 3.09. The predicted molar refractivity (Wildman–Crippen MR) is 54.2 cm³/mol. The van der Waals surface area contributed by atoms with Crippen LogP contribution in [0.2, 0.25) is 0 Å². The Hall–Kier alpha value is -1.84. The first kappa shape index (κ1) is 9.71. The highest BCUT2D eigenvalue weighted by Crippen LogP contribution is 2.21. The Morgan fingerprint density at radius 2 is 2.33 bits per heavy atom.